The fourth-order valence-electron chi connectivity index (χ4n) is 2.93. The van der Waals surface area contributed by atoms with E-state index in [1.807, 2.05) is 0 Å². The maximum Gasteiger partial charge on any atom is 0.344 e. The Labute approximate surface area is 195 Å². The molecule has 1 saturated heterocycles. The van der Waals surface area contributed by atoms with E-state index < -0.39 is 12.1 Å². The van der Waals surface area contributed by atoms with Gasteiger partial charge in [0.05, 0.1) is 17.2 Å². The Morgan fingerprint density at radius 2 is 1.97 bits per heavy atom. The minimum Gasteiger partial charge on any atom is -0.490 e. The van der Waals surface area contributed by atoms with Gasteiger partial charge in [0.1, 0.15) is 0 Å². The number of Topliss-reactive ketones (excluding diaryl/α,β-unsaturated/α-hetero) is 1. The Balaban J connectivity index is 1.90. The number of aliphatic carboxylic acids is 1. The molecule has 0 spiro atoms. The number of benzene rings is 2. The van der Waals surface area contributed by atoms with Gasteiger partial charge in [-0.1, -0.05) is 42.2 Å². The van der Waals surface area contributed by atoms with Crippen molar-refractivity contribution in [3.63, 3.8) is 0 Å². The van der Waals surface area contributed by atoms with E-state index in [2.05, 4.69) is 0 Å². The van der Waals surface area contributed by atoms with Crippen LogP contribution in [0.2, 0.25) is 0 Å². The quantitative estimate of drug-likeness (QED) is 0.341. The van der Waals surface area contributed by atoms with Gasteiger partial charge in [0.25, 0.3) is 5.91 Å². The highest BCUT2D eigenvalue weighted by molar-refractivity contribution is 8.27. The van der Waals surface area contributed by atoms with E-state index in [0.29, 0.717) is 44.1 Å². The van der Waals surface area contributed by atoms with Crippen molar-refractivity contribution in [3.05, 3.63) is 58.5 Å². The highest BCUT2D eigenvalue weighted by Crippen LogP contribution is 2.37. The summed E-state index contributed by atoms with van der Waals surface area (Å²) < 4.78 is 11.4. The second-order valence-corrected chi connectivity index (χ2v) is 8.54. The largest absolute Gasteiger partial charge is 0.490 e. The van der Waals surface area contributed by atoms with Gasteiger partial charge < -0.3 is 14.6 Å². The van der Waals surface area contributed by atoms with Crippen molar-refractivity contribution in [2.75, 3.05) is 11.5 Å². The number of ketones is 1. The van der Waals surface area contributed by atoms with Crippen LogP contribution in [0.15, 0.2) is 47.4 Å². The van der Waals surface area contributed by atoms with Crippen LogP contribution in [0.25, 0.3) is 6.08 Å². The molecule has 1 aliphatic heterocycles. The maximum absolute atomic E-state index is 13.0. The third-order valence-corrected chi connectivity index (χ3v) is 5.82. The summed E-state index contributed by atoms with van der Waals surface area (Å²) in [5, 5.41) is 9.08. The first-order valence-electron chi connectivity index (χ1n) is 9.76. The van der Waals surface area contributed by atoms with Crippen LogP contribution in [0.1, 0.15) is 36.7 Å². The molecule has 1 fully saturated rings. The van der Waals surface area contributed by atoms with Crippen molar-refractivity contribution in [1.29, 1.82) is 0 Å². The van der Waals surface area contributed by atoms with Crippen LogP contribution < -0.4 is 14.4 Å². The lowest BCUT2D eigenvalue weighted by Crippen LogP contribution is -2.27. The number of thioether (sulfide) groups is 1. The number of hydrogen-bond acceptors (Lipinski definition) is 7. The highest BCUT2D eigenvalue weighted by Gasteiger charge is 2.33. The molecule has 7 nitrogen and oxygen atoms in total. The van der Waals surface area contributed by atoms with E-state index in [-0.39, 0.29) is 11.7 Å². The summed E-state index contributed by atoms with van der Waals surface area (Å²) in [6.45, 7) is 5.05. The van der Waals surface area contributed by atoms with Gasteiger partial charge in [0.15, 0.2) is 27.7 Å². The van der Waals surface area contributed by atoms with Crippen LogP contribution in [-0.4, -0.2) is 39.8 Å². The lowest BCUT2D eigenvalue weighted by Gasteiger charge is -2.15. The SMILES string of the molecule is CCOc1cc(/C=C2/SC(=S)N(c3cccc(C(C)=O)c3)C2=O)ccc1OC(C)C(=O)O. The average Bonchev–Trinajstić information content (AvgIpc) is 3.02. The molecule has 0 bridgehead atoms. The molecule has 1 N–H and O–H groups in total. The van der Waals surface area contributed by atoms with Gasteiger partial charge in [-0.15, -0.1) is 0 Å². The summed E-state index contributed by atoms with van der Waals surface area (Å²) in [4.78, 5) is 37.6. The van der Waals surface area contributed by atoms with Crippen molar-refractivity contribution < 1.29 is 29.0 Å². The van der Waals surface area contributed by atoms with E-state index >= 15 is 0 Å². The molecule has 1 amide bonds. The van der Waals surface area contributed by atoms with Gasteiger partial charge in [-0.2, -0.15) is 0 Å². The number of nitrogens with zero attached hydrogens (tertiary/aromatic N) is 1. The predicted molar refractivity (Wildman–Crippen MR) is 127 cm³/mol. The number of carboxylic acids is 1. The van der Waals surface area contributed by atoms with E-state index in [4.69, 9.17) is 26.8 Å². The number of rotatable bonds is 8. The zero-order chi connectivity index (χ0) is 23.4. The molecule has 0 radical (unpaired) electrons. The van der Waals surface area contributed by atoms with Crippen molar-refractivity contribution >= 4 is 57.7 Å². The molecule has 0 aliphatic carbocycles. The number of ether oxygens (including phenoxy) is 2. The van der Waals surface area contributed by atoms with Crippen molar-refractivity contribution in [2.45, 2.75) is 26.9 Å². The Kier molecular flexibility index (Phi) is 7.32. The predicted octanol–water partition coefficient (Wildman–Crippen LogP) is 4.55. The number of thiocarbonyl (C=S) groups is 1. The Bertz CT molecular complexity index is 1130. The molecule has 0 aromatic heterocycles. The third kappa shape index (κ3) is 5.17. The summed E-state index contributed by atoms with van der Waals surface area (Å²) in [6, 6.07) is 11.7. The smallest absolute Gasteiger partial charge is 0.344 e. The number of hydrogen-bond donors (Lipinski definition) is 1. The minimum absolute atomic E-state index is 0.101. The Morgan fingerprint density at radius 3 is 2.62 bits per heavy atom. The summed E-state index contributed by atoms with van der Waals surface area (Å²) >= 11 is 6.56. The lowest BCUT2D eigenvalue weighted by molar-refractivity contribution is -0.144. The summed E-state index contributed by atoms with van der Waals surface area (Å²) in [5.74, 6) is -0.810. The van der Waals surface area contributed by atoms with Crippen LogP contribution >= 0.6 is 24.0 Å². The maximum atomic E-state index is 13.0. The monoisotopic (exact) mass is 471 g/mol. The van der Waals surface area contributed by atoms with E-state index in [0.717, 1.165) is 11.8 Å². The van der Waals surface area contributed by atoms with Gasteiger partial charge in [0.2, 0.25) is 0 Å². The Hall–Kier alpha value is -3.17. The van der Waals surface area contributed by atoms with Gasteiger partial charge in [-0.25, -0.2) is 4.79 Å². The van der Waals surface area contributed by atoms with Gasteiger partial charge in [-0.05, 0) is 56.7 Å². The van der Waals surface area contributed by atoms with Crippen LogP contribution in [0.3, 0.4) is 0 Å². The first-order valence-corrected chi connectivity index (χ1v) is 11.0. The van der Waals surface area contributed by atoms with Gasteiger partial charge in [-0.3, -0.25) is 14.5 Å². The zero-order valence-electron chi connectivity index (χ0n) is 17.7. The molecule has 0 saturated carbocycles. The molecule has 1 unspecified atom stereocenters. The minimum atomic E-state index is -1.09. The zero-order valence-corrected chi connectivity index (χ0v) is 19.3. The first kappa shape index (κ1) is 23.5. The fourth-order valence-corrected chi connectivity index (χ4v) is 4.23. The first-order chi connectivity index (χ1) is 15.2. The number of amides is 1. The summed E-state index contributed by atoms with van der Waals surface area (Å²) in [6.07, 6.45) is 0.642. The number of anilines is 1. The molecular formula is C23H21NO6S2. The standard InChI is InChI=1S/C23H21NO6S2/c1-4-29-19-10-15(8-9-18(19)30-14(3)22(27)28)11-20-21(26)24(23(31)32-20)17-7-5-6-16(12-17)13(2)25/h5-12,14H,4H2,1-3H3,(H,27,28)/b20-11+. The van der Waals surface area contributed by atoms with Crippen molar-refractivity contribution in [1.82, 2.24) is 0 Å². The summed E-state index contributed by atoms with van der Waals surface area (Å²) in [5.41, 5.74) is 1.69. The molecule has 166 valence electrons. The average molecular weight is 472 g/mol. The van der Waals surface area contributed by atoms with Crippen LogP contribution in [0.5, 0.6) is 11.5 Å². The van der Waals surface area contributed by atoms with Gasteiger partial charge in [0, 0.05) is 5.56 Å². The van der Waals surface area contributed by atoms with E-state index in [1.165, 1.54) is 18.7 Å². The number of carbonyl (C=O) groups is 3. The molecule has 2 aromatic carbocycles. The van der Waals surface area contributed by atoms with Crippen molar-refractivity contribution in [2.24, 2.45) is 0 Å². The van der Waals surface area contributed by atoms with Crippen molar-refractivity contribution in [3.8, 4) is 11.5 Å². The van der Waals surface area contributed by atoms with Gasteiger partial charge >= 0.3 is 5.97 Å². The normalized spacial score (nSPS) is 15.7. The summed E-state index contributed by atoms with van der Waals surface area (Å²) in [7, 11) is 0. The molecule has 1 aliphatic rings. The second kappa shape index (κ2) is 9.97. The number of carboxylic acid groups (broad SMARTS) is 1. The topological polar surface area (TPSA) is 93.1 Å². The highest BCUT2D eigenvalue weighted by atomic mass is 32.2. The molecule has 2 aromatic rings. The van der Waals surface area contributed by atoms with Crippen LogP contribution in [-0.2, 0) is 9.59 Å². The molecule has 9 heteroatoms. The fraction of sp³-hybridized carbons (Fsp3) is 0.217. The second-order valence-electron chi connectivity index (χ2n) is 6.86. The number of carbonyl (C=O) groups excluding carboxylic acids is 2. The lowest BCUT2D eigenvalue weighted by atomic mass is 10.1. The molecule has 32 heavy (non-hydrogen) atoms. The molecule has 1 heterocycles. The van der Waals surface area contributed by atoms with Crippen LogP contribution in [0, 0.1) is 0 Å². The molecule has 1 atom stereocenters. The molecular weight excluding hydrogens is 450 g/mol. The Morgan fingerprint density at radius 1 is 1.22 bits per heavy atom. The third-order valence-electron chi connectivity index (χ3n) is 4.52. The van der Waals surface area contributed by atoms with Crippen LogP contribution in [0.4, 0.5) is 5.69 Å². The van der Waals surface area contributed by atoms with E-state index in [1.54, 1.807) is 55.5 Å². The van der Waals surface area contributed by atoms with E-state index in [9.17, 15) is 14.4 Å². The molecule has 3 rings (SSSR count).